The smallest absolute Gasteiger partial charge is 0.339 e. The fourth-order valence-corrected chi connectivity index (χ4v) is 3.63. The van der Waals surface area contributed by atoms with E-state index in [1.165, 1.54) is 51.4 Å². The predicted octanol–water partition coefficient (Wildman–Crippen LogP) is 6.59. The van der Waals surface area contributed by atoms with Gasteiger partial charge in [0, 0.05) is 6.07 Å². The highest BCUT2D eigenvalue weighted by Gasteiger charge is 2.19. The molecule has 0 aliphatic heterocycles. The third kappa shape index (κ3) is 8.68. The van der Waals surface area contributed by atoms with Gasteiger partial charge in [-0.15, -0.1) is 0 Å². The van der Waals surface area contributed by atoms with Gasteiger partial charge in [0.2, 0.25) is 0 Å². The third-order valence-corrected chi connectivity index (χ3v) is 5.34. The molecule has 0 aromatic heterocycles. The second-order valence-corrected chi connectivity index (χ2v) is 8.17. The lowest BCUT2D eigenvalue weighted by Crippen LogP contribution is -2.05. The van der Waals surface area contributed by atoms with Crippen LogP contribution >= 0.6 is 0 Å². The van der Waals surface area contributed by atoms with Gasteiger partial charge in [-0.3, -0.25) is 0 Å². The standard InChI is InChI=1S/C23H38O4/c1-17(2)14-12-10-8-6-4-5-7-9-11-13-15-19-18(3)20(24)16-21(25)22(19)23(26)27/h16-17,24-25H,4-15H2,1-3H3,(H,26,27). The Morgan fingerprint density at radius 3 is 1.81 bits per heavy atom. The van der Waals surface area contributed by atoms with Gasteiger partial charge in [0.05, 0.1) is 0 Å². The lowest BCUT2D eigenvalue weighted by Gasteiger charge is -2.13. The van der Waals surface area contributed by atoms with Crippen LogP contribution in [-0.4, -0.2) is 21.3 Å². The van der Waals surface area contributed by atoms with E-state index in [1.807, 2.05) is 0 Å². The fraction of sp³-hybridized carbons (Fsp3) is 0.696. The molecule has 0 atom stereocenters. The zero-order valence-electron chi connectivity index (χ0n) is 17.4. The summed E-state index contributed by atoms with van der Waals surface area (Å²) in [7, 11) is 0. The van der Waals surface area contributed by atoms with Crippen molar-refractivity contribution >= 4 is 5.97 Å². The molecule has 0 unspecified atom stereocenters. The van der Waals surface area contributed by atoms with Crippen molar-refractivity contribution in [2.75, 3.05) is 0 Å². The molecule has 1 aromatic carbocycles. The number of carboxylic acid groups (broad SMARTS) is 1. The van der Waals surface area contributed by atoms with E-state index in [-0.39, 0.29) is 17.1 Å². The van der Waals surface area contributed by atoms with Gasteiger partial charge in [0.15, 0.2) is 0 Å². The van der Waals surface area contributed by atoms with Crippen LogP contribution in [0.25, 0.3) is 0 Å². The number of unbranched alkanes of at least 4 members (excludes halogenated alkanes) is 9. The Kier molecular flexibility index (Phi) is 10.9. The first-order valence-corrected chi connectivity index (χ1v) is 10.6. The van der Waals surface area contributed by atoms with Gasteiger partial charge >= 0.3 is 5.97 Å². The molecule has 0 radical (unpaired) electrons. The summed E-state index contributed by atoms with van der Waals surface area (Å²) in [6, 6.07) is 1.12. The molecule has 3 N–H and O–H groups in total. The van der Waals surface area contributed by atoms with E-state index in [0.29, 0.717) is 17.5 Å². The van der Waals surface area contributed by atoms with E-state index in [1.54, 1.807) is 6.92 Å². The quantitative estimate of drug-likeness (QED) is 0.319. The molecule has 0 fully saturated rings. The number of phenols is 2. The summed E-state index contributed by atoms with van der Waals surface area (Å²) < 4.78 is 0. The second-order valence-electron chi connectivity index (χ2n) is 8.17. The Labute approximate surface area is 164 Å². The minimum absolute atomic E-state index is 0.0408. The number of rotatable bonds is 14. The van der Waals surface area contributed by atoms with Crippen molar-refractivity contribution in [1.29, 1.82) is 0 Å². The average Bonchev–Trinajstić information content (AvgIpc) is 2.59. The Bertz CT molecular complexity index is 578. The molecule has 1 rings (SSSR count). The molecule has 4 nitrogen and oxygen atoms in total. The Morgan fingerprint density at radius 2 is 1.33 bits per heavy atom. The van der Waals surface area contributed by atoms with Crippen LogP contribution in [-0.2, 0) is 6.42 Å². The number of aromatic carboxylic acids is 1. The summed E-state index contributed by atoms with van der Waals surface area (Å²) >= 11 is 0. The number of carbonyl (C=O) groups is 1. The molecule has 1 aromatic rings. The molecule has 0 spiro atoms. The summed E-state index contributed by atoms with van der Waals surface area (Å²) in [5, 5.41) is 29.0. The van der Waals surface area contributed by atoms with Crippen LogP contribution in [0.2, 0.25) is 0 Å². The highest BCUT2D eigenvalue weighted by atomic mass is 16.4. The normalized spacial score (nSPS) is 11.3. The monoisotopic (exact) mass is 378 g/mol. The van der Waals surface area contributed by atoms with Crippen molar-refractivity contribution in [3.63, 3.8) is 0 Å². The topological polar surface area (TPSA) is 77.8 Å². The maximum absolute atomic E-state index is 11.4. The van der Waals surface area contributed by atoms with Crippen molar-refractivity contribution in [3.05, 3.63) is 22.8 Å². The summed E-state index contributed by atoms with van der Waals surface area (Å²) in [6.45, 7) is 6.28. The zero-order chi connectivity index (χ0) is 20.2. The summed E-state index contributed by atoms with van der Waals surface area (Å²) in [4.78, 5) is 11.4. The van der Waals surface area contributed by atoms with Gasteiger partial charge in [-0.05, 0) is 36.8 Å². The van der Waals surface area contributed by atoms with Crippen LogP contribution in [0.5, 0.6) is 11.5 Å². The van der Waals surface area contributed by atoms with Crippen LogP contribution in [0.15, 0.2) is 6.07 Å². The van der Waals surface area contributed by atoms with E-state index in [4.69, 9.17) is 0 Å². The van der Waals surface area contributed by atoms with Crippen LogP contribution in [0, 0.1) is 12.8 Å². The number of hydrogen-bond donors (Lipinski definition) is 3. The van der Waals surface area contributed by atoms with Gasteiger partial charge in [-0.2, -0.15) is 0 Å². The molecule has 0 bridgehead atoms. The first-order chi connectivity index (χ1) is 12.8. The molecular weight excluding hydrogens is 340 g/mol. The van der Waals surface area contributed by atoms with E-state index >= 15 is 0 Å². The molecule has 27 heavy (non-hydrogen) atoms. The van der Waals surface area contributed by atoms with E-state index < -0.39 is 5.97 Å². The van der Waals surface area contributed by atoms with Gasteiger partial charge < -0.3 is 15.3 Å². The summed E-state index contributed by atoms with van der Waals surface area (Å²) in [6.07, 6.45) is 14.2. The van der Waals surface area contributed by atoms with Crippen LogP contribution < -0.4 is 0 Å². The number of aromatic hydroxyl groups is 2. The van der Waals surface area contributed by atoms with E-state index in [0.717, 1.165) is 31.2 Å². The van der Waals surface area contributed by atoms with E-state index in [9.17, 15) is 20.1 Å². The third-order valence-electron chi connectivity index (χ3n) is 5.34. The molecule has 0 saturated carbocycles. The van der Waals surface area contributed by atoms with Gasteiger partial charge in [0.1, 0.15) is 17.1 Å². The molecule has 0 heterocycles. The summed E-state index contributed by atoms with van der Waals surface area (Å²) in [5.74, 6) is -0.710. The van der Waals surface area contributed by atoms with Crippen LogP contribution in [0.4, 0.5) is 0 Å². The first-order valence-electron chi connectivity index (χ1n) is 10.6. The molecule has 4 heteroatoms. The van der Waals surface area contributed by atoms with Crippen LogP contribution in [0.3, 0.4) is 0 Å². The van der Waals surface area contributed by atoms with E-state index in [2.05, 4.69) is 13.8 Å². The molecular formula is C23H38O4. The molecule has 0 saturated heterocycles. The maximum Gasteiger partial charge on any atom is 0.339 e. The second kappa shape index (κ2) is 12.6. The van der Waals surface area contributed by atoms with Gasteiger partial charge in [-0.1, -0.05) is 78.1 Å². The summed E-state index contributed by atoms with van der Waals surface area (Å²) in [5.41, 5.74) is 1.05. The van der Waals surface area contributed by atoms with Crippen molar-refractivity contribution in [2.24, 2.45) is 5.92 Å². The zero-order valence-corrected chi connectivity index (χ0v) is 17.4. The predicted molar refractivity (Wildman–Crippen MR) is 111 cm³/mol. The van der Waals surface area contributed by atoms with Crippen molar-refractivity contribution in [1.82, 2.24) is 0 Å². The number of benzene rings is 1. The molecule has 0 amide bonds. The Morgan fingerprint density at radius 1 is 0.852 bits per heavy atom. The molecule has 0 aliphatic carbocycles. The fourth-order valence-electron chi connectivity index (χ4n) is 3.63. The number of carboxylic acids is 1. The number of phenolic OH excluding ortho intramolecular Hbond substituents is 1. The van der Waals surface area contributed by atoms with Crippen molar-refractivity contribution < 1.29 is 20.1 Å². The van der Waals surface area contributed by atoms with Crippen molar-refractivity contribution in [2.45, 2.75) is 97.8 Å². The minimum Gasteiger partial charge on any atom is -0.508 e. The number of hydrogen-bond acceptors (Lipinski definition) is 3. The Hall–Kier alpha value is -1.71. The maximum atomic E-state index is 11.4. The average molecular weight is 379 g/mol. The first kappa shape index (κ1) is 23.3. The molecule has 0 aliphatic rings. The largest absolute Gasteiger partial charge is 0.508 e. The lowest BCUT2D eigenvalue weighted by molar-refractivity contribution is 0.0692. The van der Waals surface area contributed by atoms with Crippen molar-refractivity contribution in [3.8, 4) is 11.5 Å². The lowest BCUT2D eigenvalue weighted by atomic mass is 9.94. The highest BCUT2D eigenvalue weighted by molar-refractivity contribution is 5.93. The minimum atomic E-state index is -1.14. The van der Waals surface area contributed by atoms with Crippen LogP contribution in [0.1, 0.15) is 106 Å². The van der Waals surface area contributed by atoms with Gasteiger partial charge in [-0.25, -0.2) is 4.79 Å². The Balaban J connectivity index is 2.20. The van der Waals surface area contributed by atoms with Gasteiger partial charge in [0.25, 0.3) is 0 Å². The highest BCUT2D eigenvalue weighted by Crippen LogP contribution is 2.33. The SMILES string of the molecule is Cc1c(O)cc(O)c(C(=O)O)c1CCCCCCCCCCCCC(C)C. The molecule has 154 valence electrons.